The Bertz CT molecular complexity index is 1220. The summed E-state index contributed by atoms with van der Waals surface area (Å²) < 4.78 is 67.4. The third-order valence-corrected chi connectivity index (χ3v) is 7.31. The van der Waals surface area contributed by atoms with Crippen molar-refractivity contribution >= 4 is 15.7 Å². The van der Waals surface area contributed by atoms with Crippen molar-refractivity contribution in [3.63, 3.8) is 0 Å². The van der Waals surface area contributed by atoms with Gasteiger partial charge in [-0.15, -0.1) is 0 Å². The number of nitrogens with one attached hydrogen (secondary N) is 1. The van der Waals surface area contributed by atoms with Crippen LogP contribution in [0.4, 0.5) is 18.9 Å². The third kappa shape index (κ3) is 4.05. The van der Waals surface area contributed by atoms with E-state index in [1.807, 2.05) is 32.0 Å². The van der Waals surface area contributed by atoms with Crippen molar-refractivity contribution in [2.24, 2.45) is 0 Å². The van der Waals surface area contributed by atoms with Crippen LogP contribution < -0.4 is 5.32 Å². The van der Waals surface area contributed by atoms with Gasteiger partial charge in [0.2, 0.25) is 10.0 Å². The average molecular weight is 446 g/mol. The predicted molar refractivity (Wildman–Crippen MR) is 113 cm³/mol. The lowest BCUT2D eigenvalue weighted by atomic mass is 10.0. The maximum absolute atomic E-state index is 13.5. The van der Waals surface area contributed by atoms with Crippen molar-refractivity contribution in [1.29, 1.82) is 0 Å². The van der Waals surface area contributed by atoms with E-state index in [1.165, 1.54) is 22.5 Å². The molecule has 8 heteroatoms. The quantitative estimate of drug-likeness (QED) is 0.567. The number of nitrogens with zero attached hydrogens (tertiary/aromatic N) is 1. The number of benzene rings is 3. The molecule has 0 aliphatic carbocycles. The van der Waals surface area contributed by atoms with Gasteiger partial charge in [-0.05, 0) is 54.8 Å². The molecule has 0 radical (unpaired) electrons. The molecule has 1 N–H and O–H groups in total. The zero-order valence-corrected chi connectivity index (χ0v) is 17.8. The van der Waals surface area contributed by atoms with Crippen LogP contribution in [0, 0.1) is 13.8 Å². The second kappa shape index (κ2) is 7.69. The second-order valence-corrected chi connectivity index (χ2v) is 9.50. The number of sulfonamides is 1. The topological polar surface area (TPSA) is 49.4 Å². The van der Waals surface area contributed by atoms with E-state index in [9.17, 15) is 21.6 Å². The maximum Gasteiger partial charge on any atom is 0.416 e. The van der Waals surface area contributed by atoms with E-state index in [-0.39, 0.29) is 11.4 Å². The molecule has 0 bridgehead atoms. The first kappa shape index (κ1) is 21.4. The molecular weight excluding hydrogens is 425 g/mol. The van der Waals surface area contributed by atoms with E-state index in [1.54, 1.807) is 18.2 Å². The van der Waals surface area contributed by atoms with Crippen molar-refractivity contribution in [3.05, 3.63) is 94.5 Å². The minimum absolute atomic E-state index is 0.0862. The Balaban J connectivity index is 1.82. The van der Waals surface area contributed by atoms with Crippen molar-refractivity contribution in [1.82, 2.24) is 4.31 Å². The normalized spacial score (nSPS) is 18.3. The number of fused-ring (bicyclic) bond motifs is 1. The molecule has 0 aromatic heterocycles. The molecular formula is C23H21F3N2O2S. The van der Waals surface area contributed by atoms with E-state index in [0.717, 1.165) is 28.8 Å². The minimum atomic E-state index is -4.46. The van der Waals surface area contributed by atoms with Gasteiger partial charge >= 0.3 is 6.18 Å². The van der Waals surface area contributed by atoms with Gasteiger partial charge in [0.15, 0.2) is 0 Å². The van der Waals surface area contributed by atoms with E-state index in [4.69, 9.17) is 0 Å². The highest BCUT2D eigenvalue weighted by atomic mass is 32.2. The Morgan fingerprint density at radius 1 is 0.968 bits per heavy atom. The Labute approximate surface area is 179 Å². The van der Waals surface area contributed by atoms with Crippen LogP contribution in [0.2, 0.25) is 0 Å². The lowest BCUT2D eigenvalue weighted by Gasteiger charge is -2.37. The molecule has 0 saturated heterocycles. The molecule has 1 aliphatic heterocycles. The molecule has 0 amide bonds. The number of para-hydroxylation sites is 1. The predicted octanol–water partition coefficient (Wildman–Crippen LogP) is 5.64. The fraction of sp³-hybridized carbons (Fsp3) is 0.217. The fourth-order valence-corrected chi connectivity index (χ4v) is 5.38. The summed E-state index contributed by atoms with van der Waals surface area (Å²) in [6.07, 6.45) is -5.31. The van der Waals surface area contributed by atoms with Crippen LogP contribution in [0.25, 0.3) is 0 Å². The number of alkyl halides is 3. The Hall–Kier alpha value is -2.84. The largest absolute Gasteiger partial charge is 0.416 e. The van der Waals surface area contributed by atoms with Crippen LogP contribution in [0.3, 0.4) is 0 Å². The van der Waals surface area contributed by atoms with Crippen LogP contribution in [-0.2, 0) is 22.7 Å². The lowest BCUT2D eigenvalue weighted by Crippen LogP contribution is -2.42. The zero-order chi connectivity index (χ0) is 22.4. The van der Waals surface area contributed by atoms with Gasteiger partial charge in [-0.2, -0.15) is 17.5 Å². The number of anilines is 1. The summed E-state index contributed by atoms with van der Waals surface area (Å²) in [7, 11) is -3.90. The molecule has 1 aliphatic rings. The molecule has 0 fully saturated rings. The monoisotopic (exact) mass is 446 g/mol. The molecule has 0 saturated carbocycles. The van der Waals surface area contributed by atoms with Gasteiger partial charge in [0.05, 0.1) is 11.3 Å². The highest BCUT2D eigenvalue weighted by Crippen LogP contribution is 2.40. The number of halogens is 3. The van der Waals surface area contributed by atoms with Gasteiger partial charge in [-0.25, -0.2) is 8.42 Å². The third-order valence-electron chi connectivity index (χ3n) is 5.44. The average Bonchev–Trinajstić information content (AvgIpc) is 2.72. The number of rotatable bonds is 3. The van der Waals surface area contributed by atoms with Crippen LogP contribution in [-0.4, -0.2) is 12.7 Å². The number of hydrogen-bond donors (Lipinski definition) is 1. The van der Waals surface area contributed by atoms with Gasteiger partial charge in [0.25, 0.3) is 0 Å². The first-order valence-electron chi connectivity index (χ1n) is 9.68. The van der Waals surface area contributed by atoms with Crippen LogP contribution >= 0.6 is 0 Å². The molecule has 162 valence electrons. The van der Waals surface area contributed by atoms with Crippen molar-refractivity contribution in [2.45, 2.75) is 37.6 Å². The highest BCUT2D eigenvalue weighted by Gasteiger charge is 2.39. The van der Waals surface area contributed by atoms with Gasteiger partial charge < -0.3 is 5.32 Å². The molecule has 1 heterocycles. The molecule has 31 heavy (non-hydrogen) atoms. The van der Waals surface area contributed by atoms with Crippen LogP contribution in [0.1, 0.15) is 34.0 Å². The summed E-state index contributed by atoms with van der Waals surface area (Å²) >= 11 is 0. The van der Waals surface area contributed by atoms with Gasteiger partial charge in [-0.3, -0.25) is 0 Å². The molecule has 4 nitrogen and oxygen atoms in total. The van der Waals surface area contributed by atoms with Gasteiger partial charge in [0, 0.05) is 6.54 Å². The molecule has 3 aromatic carbocycles. The summed E-state index contributed by atoms with van der Waals surface area (Å²) in [5.41, 5.74) is 2.83. The van der Waals surface area contributed by atoms with E-state index in [0.29, 0.717) is 11.3 Å². The smallest absolute Gasteiger partial charge is 0.364 e. The van der Waals surface area contributed by atoms with E-state index >= 15 is 0 Å². The van der Waals surface area contributed by atoms with E-state index < -0.39 is 27.9 Å². The second-order valence-electron chi connectivity index (χ2n) is 7.64. The first-order chi connectivity index (χ1) is 14.6. The summed E-state index contributed by atoms with van der Waals surface area (Å²) in [5, 5.41) is 3.20. The van der Waals surface area contributed by atoms with Gasteiger partial charge in [-0.1, -0.05) is 48.0 Å². The zero-order valence-electron chi connectivity index (χ0n) is 16.9. The fourth-order valence-electron chi connectivity index (χ4n) is 3.71. The molecule has 1 atom stereocenters. The molecule has 3 aromatic rings. The molecule has 0 spiro atoms. The van der Waals surface area contributed by atoms with Crippen molar-refractivity contribution in [2.75, 3.05) is 5.32 Å². The van der Waals surface area contributed by atoms with Crippen LogP contribution in [0.5, 0.6) is 0 Å². The highest BCUT2D eigenvalue weighted by molar-refractivity contribution is 7.89. The molecule has 4 rings (SSSR count). The summed E-state index contributed by atoms with van der Waals surface area (Å²) in [5.74, 6) is 0. The lowest BCUT2D eigenvalue weighted by molar-refractivity contribution is -0.137. The SMILES string of the molecule is Cc1ccc(C)c(CN2[C@@H](c3ccc(C(F)(F)F)cc3)Nc3ccccc3S2(=O)=O)c1. The number of hydrogen-bond acceptors (Lipinski definition) is 3. The van der Waals surface area contributed by atoms with Gasteiger partial charge in [0.1, 0.15) is 11.1 Å². The Morgan fingerprint density at radius 2 is 1.65 bits per heavy atom. The number of aryl methyl sites for hydroxylation is 2. The summed E-state index contributed by atoms with van der Waals surface area (Å²) in [6.45, 7) is 3.91. The summed E-state index contributed by atoms with van der Waals surface area (Å²) in [4.78, 5) is 0.142. The minimum Gasteiger partial charge on any atom is -0.364 e. The first-order valence-corrected chi connectivity index (χ1v) is 11.1. The van der Waals surface area contributed by atoms with Crippen molar-refractivity contribution in [3.8, 4) is 0 Å². The molecule has 0 unspecified atom stereocenters. The van der Waals surface area contributed by atoms with E-state index in [2.05, 4.69) is 5.32 Å². The Kier molecular flexibility index (Phi) is 5.31. The maximum atomic E-state index is 13.5. The summed E-state index contributed by atoms with van der Waals surface area (Å²) in [6, 6.07) is 16.9. The van der Waals surface area contributed by atoms with Crippen molar-refractivity contribution < 1.29 is 21.6 Å². The van der Waals surface area contributed by atoms with Crippen LogP contribution in [0.15, 0.2) is 71.6 Å². The Morgan fingerprint density at radius 3 is 2.32 bits per heavy atom. The standard InChI is InChI=1S/C23H21F3N2O2S/c1-15-7-8-16(2)18(13-15)14-28-22(17-9-11-19(12-10-17)23(24,25)26)27-20-5-3-4-6-21(20)31(28,29)30/h3-13,22,27H,14H2,1-2H3/t22-/m0/s1.